The highest BCUT2D eigenvalue weighted by Gasteiger charge is 2.09. The van der Waals surface area contributed by atoms with Crippen molar-refractivity contribution in [3.8, 4) is 5.75 Å². The molecule has 0 aliphatic carbocycles. The highest BCUT2D eigenvalue weighted by molar-refractivity contribution is 6.06. The van der Waals surface area contributed by atoms with Crippen LogP contribution in [0.25, 0.3) is 21.9 Å². The molecule has 0 spiro atoms. The van der Waals surface area contributed by atoms with E-state index in [2.05, 4.69) is 13.0 Å². The summed E-state index contributed by atoms with van der Waals surface area (Å²) in [5, 5.41) is 18.5. The van der Waals surface area contributed by atoms with Crippen molar-refractivity contribution in [2.24, 2.45) is 0 Å². The molecular weight excluding hydrogens is 252 g/mol. The van der Waals surface area contributed by atoms with Crippen molar-refractivity contribution in [1.82, 2.24) is 0 Å². The van der Waals surface area contributed by atoms with Gasteiger partial charge in [-0.05, 0) is 30.2 Å². The molecule has 0 saturated carbocycles. The molecule has 0 atom stereocenters. The second-order valence-electron chi connectivity index (χ2n) is 3.93. The van der Waals surface area contributed by atoms with Gasteiger partial charge in [0.15, 0.2) is 0 Å². The molecule has 0 amide bonds. The largest absolute Gasteiger partial charge is 0.508 e. The molecule has 0 saturated heterocycles. The van der Waals surface area contributed by atoms with Gasteiger partial charge in [-0.1, -0.05) is 39.0 Å². The van der Waals surface area contributed by atoms with E-state index in [4.69, 9.17) is 9.52 Å². The van der Waals surface area contributed by atoms with Crippen molar-refractivity contribution in [3.63, 3.8) is 0 Å². The van der Waals surface area contributed by atoms with E-state index in [1.54, 1.807) is 12.1 Å². The van der Waals surface area contributed by atoms with Gasteiger partial charge in [0.25, 0.3) is 0 Å². The van der Waals surface area contributed by atoms with E-state index >= 15 is 0 Å². The number of aliphatic hydroxyl groups excluding tert-OH is 1. The van der Waals surface area contributed by atoms with Gasteiger partial charge in [0, 0.05) is 17.9 Å². The molecule has 1 heterocycles. The molecule has 20 heavy (non-hydrogen) atoms. The summed E-state index contributed by atoms with van der Waals surface area (Å²) < 4.78 is 5.82. The molecule has 3 heteroatoms. The predicted octanol–water partition coefficient (Wildman–Crippen LogP) is 4.49. The highest BCUT2D eigenvalue weighted by atomic mass is 16.3. The zero-order chi connectivity index (χ0) is 15.1. The van der Waals surface area contributed by atoms with Gasteiger partial charge in [-0.2, -0.15) is 0 Å². The Morgan fingerprint density at radius 3 is 2.35 bits per heavy atom. The SMILES string of the molecule is CC.CCc1cccc2c1oc1ccc(O)cc12.CO. The molecule has 3 nitrogen and oxygen atoms in total. The minimum Gasteiger partial charge on any atom is -0.508 e. The Morgan fingerprint density at radius 2 is 1.70 bits per heavy atom. The molecule has 0 radical (unpaired) electrons. The van der Waals surface area contributed by atoms with Gasteiger partial charge in [-0.15, -0.1) is 0 Å². The van der Waals surface area contributed by atoms with E-state index < -0.39 is 0 Å². The van der Waals surface area contributed by atoms with Crippen LogP contribution < -0.4 is 0 Å². The van der Waals surface area contributed by atoms with Crippen molar-refractivity contribution in [2.75, 3.05) is 7.11 Å². The number of benzene rings is 2. The Kier molecular flexibility index (Phi) is 6.07. The molecule has 108 valence electrons. The molecule has 2 aromatic carbocycles. The van der Waals surface area contributed by atoms with E-state index in [9.17, 15) is 5.11 Å². The van der Waals surface area contributed by atoms with Crippen LogP contribution in [-0.2, 0) is 6.42 Å². The first-order valence-electron chi connectivity index (χ1n) is 6.87. The van der Waals surface area contributed by atoms with Crippen molar-refractivity contribution in [2.45, 2.75) is 27.2 Å². The van der Waals surface area contributed by atoms with Gasteiger partial charge in [-0.25, -0.2) is 0 Å². The minimum absolute atomic E-state index is 0.275. The number of aryl methyl sites for hydroxylation is 1. The van der Waals surface area contributed by atoms with Crippen LogP contribution >= 0.6 is 0 Å². The van der Waals surface area contributed by atoms with E-state index in [0.29, 0.717) is 0 Å². The molecule has 2 N–H and O–H groups in total. The van der Waals surface area contributed by atoms with Crippen LogP contribution in [0, 0.1) is 0 Å². The van der Waals surface area contributed by atoms with Crippen molar-refractivity contribution in [1.29, 1.82) is 0 Å². The summed E-state index contributed by atoms with van der Waals surface area (Å²) in [7, 11) is 1.00. The molecule has 0 aliphatic rings. The summed E-state index contributed by atoms with van der Waals surface area (Å²) >= 11 is 0. The summed E-state index contributed by atoms with van der Waals surface area (Å²) in [4.78, 5) is 0. The summed E-state index contributed by atoms with van der Waals surface area (Å²) in [6.07, 6.45) is 0.948. The van der Waals surface area contributed by atoms with E-state index in [0.717, 1.165) is 35.5 Å². The lowest BCUT2D eigenvalue weighted by atomic mass is 10.1. The normalized spacial score (nSPS) is 9.65. The first-order chi connectivity index (χ1) is 9.79. The zero-order valence-electron chi connectivity index (χ0n) is 12.5. The summed E-state index contributed by atoms with van der Waals surface area (Å²) in [5.41, 5.74) is 2.97. The summed E-state index contributed by atoms with van der Waals surface area (Å²) in [5.74, 6) is 0.275. The number of aliphatic hydroxyl groups is 1. The molecule has 3 aromatic rings. The summed E-state index contributed by atoms with van der Waals surface area (Å²) in [6.45, 7) is 6.11. The average Bonchev–Trinajstić information content (AvgIpc) is 2.89. The third kappa shape index (κ3) is 2.94. The monoisotopic (exact) mass is 274 g/mol. The lowest BCUT2D eigenvalue weighted by Gasteiger charge is -1.96. The predicted molar refractivity (Wildman–Crippen MR) is 84.3 cm³/mol. The number of furan rings is 1. The number of hydrogen-bond donors (Lipinski definition) is 2. The molecule has 1 aromatic heterocycles. The fourth-order valence-electron chi connectivity index (χ4n) is 2.12. The topological polar surface area (TPSA) is 53.6 Å². The van der Waals surface area contributed by atoms with Crippen LogP contribution in [0.15, 0.2) is 40.8 Å². The summed E-state index contributed by atoms with van der Waals surface area (Å²) in [6, 6.07) is 11.3. The minimum atomic E-state index is 0.275. The first kappa shape index (κ1) is 16.1. The molecule has 0 bridgehead atoms. The molecule has 0 aliphatic heterocycles. The van der Waals surface area contributed by atoms with Gasteiger partial charge in [-0.3, -0.25) is 0 Å². The number of para-hydroxylation sites is 1. The van der Waals surface area contributed by atoms with Crippen LogP contribution in [0.4, 0.5) is 0 Å². The Morgan fingerprint density at radius 1 is 1.00 bits per heavy atom. The van der Waals surface area contributed by atoms with E-state index in [1.807, 2.05) is 32.0 Å². The maximum Gasteiger partial charge on any atom is 0.138 e. The Hall–Kier alpha value is -2.00. The number of phenols is 1. The fraction of sp³-hybridized carbons (Fsp3) is 0.294. The number of phenolic OH excluding ortho intramolecular Hbond substituents is 1. The maximum atomic E-state index is 9.49. The van der Waals surface area contributed by atoms with Crippen LogP contribution in [0.5, 0.6) is 5.75 Å². The second kappa shape index (κ2) is 7.56. The Bertz CT molecular complexity index is 668. The molecule has 3 rings (SSSR count). The zero-order valence-corrected chi connectivity index (χ0v) is 12.5. The third-order valence-corrected chi connectivity index (χ3v) is 2.94. The number of fused-ring (bicyclic) bond motifs is 3. The molecule has 0 unspecified atom stereocenters. The van der Waals surface area contributed by atoms with E-state index in [1.165, 1.54) is 5.56 Å². The smallest absolute Gasteiger partial charge is 0.138 e. The van der Waals surface area contributed by atoms with Crippen LogP contribution in [0.1, 0.15) is 26.3 Å². The lowest BCUT2D eigenvalue weighted by Crippen LogP contribution is -1.78. The fourth-order valence-corrected chi connectivity index (χ4v) is 2.12. The van der Waals surface area contributed by atoms with Gasteiger partial charge >= 0.3 is 0 Å². The van der Waals surface area contributed by atoms with Crippen molar-refractivity contribution >= 4 is 21.9 Å². The Balaban J connectivity index is 0.000000461. The lowest BCUT2D eigenvalue weighted by molar-refractivity contribution is 0.399. The standard InChI is InChI=1S/C14H12O2.C2H6.CH4O/c1-2-9-4-3-5-11-12-8-10(15)6-7-13(12)16-14(9)11;2*1-2/h3-8,15H,2H2,1H3;1-2H3;2H,1H3. The van der Waals surface area contributed by atoms with Crippen LogP contribution in [-0.4, -0.2) is 17.3 Å². The van der Waals surface area contributed by atoms with Crippen molar-refractivity contribution < 1.29 is 14.6 Å². The van der Waals surface area contributed by atoms with Gasteiger partial charge in [0.2, 0.25) is 0 Å². The third-order valence-electron chi connectivity index (χ3n) is 2.94. The first-order valence-corrected chi connectivity index (χ1v) is 6.87. The van der Waals surface area contributed by atoms with Crippen LogP contribution in [0.3, 0.4) is 0 Å². The van der Waals surface area contributed by atoms with E-state index in [-0.39, 0.29) is 5.75 Å². The van der Waals surface area contributed by atoms with Gasteiger partial charge < -0.3 is 14.6 Å². The number of aromatic hydroxyl groups is 1. The molecule has 0 fully saturated rings. The Labute approximate surface area is 119 Å². The van der Waals surface area contributed by atoms with Crippen LogP contribution in [0.2, 0.25) is 0 Å². The van der Waals surface area contributed by atoms with Crippen molar-refractivity contribution in [3.05, 3.63) is 42.0 Å². The molecular formula is C17H22O3. The van der Waals surface area contributed by atoms with Gasteiger partial charge in [0.1, 0.15) is 16.9 Å². The van der Waals surface area contributed by atoms with Gasteiger partial charge in [0.05, 0.1) is 0 Å². The number of hydrogen-bond acceptors (Lipinski definition) is 3. The maximum absolute atomic E-state index is 9.49. The second-order valence-corrected chi connectivity index (χ2v) is 3.93. The highest BCUT2D eigenvalue weighted by Crippen LogP contribution is 2.32. The quantitative estimate of drug-likeness (QED) is 0.687. The average molecular weight is 274 g/mol. The number of rotatable bonds is 1.